The van der Waals surface area contributed by atoms with Gasteiger partial charge in [0, 0.05) is 16.4 Å². The molecule has 0 heterocycles. The number of amides is 2. The lowest BCUT2D eigenvalue weighted by Gasteiger charge is -2.14. The summed E-state index contributed by atoms with van der Waals surface area (Å²) < 4.78 is 0. The third-order valence-electron chi connectivity index (χ3n) is 4.91. The van der Waals surface area contributed by atoms with Crippen LogP contribution in [0.15, 0.2) is 66.2 Å². The lowest BCUT2D eigenvalue weighted by atomic mass is 10.1. The van der Waals surface area contributed by atoms with Crippen molar-refractivity contribution in [2.24, 2.45) is 0 Å². The minimum absolute atomic E-state index is 0.0118. The number of rotatable bonds is 5. The summed E-state index contributed by atoms with van der Waals surface area (Å²) in [4.78, 5) is 26.3. The van der Waals surface area contributed by atoms with Crippen molar-refractivity contribution >= 4 is 40.9 Å². The van der Waals surface area contributed by atoms with Gasteiger partial charge < -0.3 is 10.6 Å². The fourth-order valence-corrected chi connectivity index (χ4v) is 3.48. The first-order valence-corrected chi connectivity index (χ1v) is 10.3. The van der Waals surface area contributed by atoms with Crippen molar-refractivity contribution < 1.29 is 9.59 Å². The Kier molecular flexibility index (Phi) is 6.93. The van der Waals surface area contributed by atoms with Crippen LogP contribution in [0.5, 0.6) is 0 Å². The van der Waals surface area contributed by atoms with Crippen LogP contribution >= 0.6 is 11.6 Å². The Balaban J connectivity index is 1.95. The molecular weight excluding hydrogens is 408 g/mol. The number of anilines is 2. The van der Waals surface area contributed by atoms with Crippen molar-refractivity contribution in [1.29, 1.82) is 0 Å². The first kappa shape index (κ1) is 22.3. The van der Waals surface area contributed by atoms with Crippen LogP contribution < -0.4 is 10.6 Å². The van der Waals surface area contributed by atoms with Crippen LogP contribution in [0, 0.1) is 27.7 Å². The van der Waals surface area contributed by atoms with Gasteiger partial charge in [-0.25, -0.2) is 0 Å². The molecule has 0 bridgehead atoms. The van der Waals surface area contributed by atoms with E-state index >= 15 is 0 Å². The number of hydrogen-bond donors (Lipinski definition) is 2. The van der Waals surface area contributed by atoms with E-state index in [1.807, 2.05) is 64.1 Å². The monoisotopic (exact) mass is 432 g/mol. The summed E-state index contributed by atoms with van der Waals surface area (Å²) in [6, 6.07) is 18.5. The zero-order chi connectivity index (χ0) is 22.5. The predicted octanol–water partition coefficient (Wildman–Crippen LogP) is 6.23. The van der Waals surface area contributed by atoms with Crippen molar-refractivity contribution in [2.75, 3.05) is 10.6 Å². The van der Waals surface area contributed by atoms with Gasteiger partial charge in [0.1, 0.15) is 5.57 Å². The molecule has 0 spiro atoms. The summed E-state index contributed by atoms with van der Waals surface area (Å²) in [5.41, 5.74) is 6.00. The lowest BCUT2D eigenvalue weighted by molar-refractivity contribution is -0.118. The number of carbonyl (C=O) groups is 2. The third-order valence-corrected chi connectivity index (χ3v) is 5.14. The van der Waals surface area contributed by atoms with Crippen molar-refractivity contribution in [1.82, 2.24) is 0 Å². The number of hydrogen-bond acceptors (Lipinski definition) is 2. The smallest absolute Gasteiger partial charge is 0.261 e. The zero-order valence-corrected chi connectivity index (χ0v) is 18.8. The molecule has 4 nitrogen and oxygen atoms in total. The van der Waals surface area contributed by atoms with Crippen LogP contribution in [-0.2, 0) is 9.59 Å². The molecule has 0 aromatic heterocycles. The third kappa shape index (κ3) is 5.83. The average Bonchev–Trinajstić information content (AvgIpc) is 2.70. The summed E-state index contributed by atoms with van der Waals surface area (Å²) in [6.45, 7) is 7.80. The van der Waals surface area contributed by atoms with Crippen molar-refractivity contribution in [3.8, 4) is 0 Å². The summed E-state index contributed by atoms with van der Waals surface area (Å²) in [5, 5.41) is 6.25. The van der Waals surface area contributed by atoms with Gasteiger partial charge in [-0.1, -0.05) is 59.1 Å². The molecule has 0 aliphatic carbocycles. The highest BCUT2D eigenvalue weighted by Gasteiger charge is 2.20. The maximum absolute atomic E-state index is 13.1. The van der Waals surface area contributed by atoms with Crippen molar-refractivity contribution in [3.05, 3.63) is 99.1 Å². The molecule has 2 amide bonds. The van der Waals surface area contributed by atoms with Crippen LogP contribution in [0.25, 0.3) is 6.08 Å². The number of carbonyl (C=O) groups excluding carboxylic acids is 2. The minimum Gasteiger partial charge on any atom is -0.322 e. The van der Waals surface area contributed by atoms with E-state index in [-0.39, 0.29) is 5.57 Å². The molecule has 0 fully saturated rings. The molecule has 5 heteroatoms. The van der Waals surface area contributed by atoms with E-state index in [2.05, 4.69) is 10.6 Å². The zero-order valence-electron chi connectivity index (χ0n) is 18.0. The molecule has 0 atom stereocenters. The SMILES string of the molecule is Cc1ccc(NC(=O)C(=Cc2cccc(Cl)c2)C(=O)Nc2ccc(C)cc2C)c(C)c1. The van der Waals surface area contributed by atoms with Crippen LogP contribution in [-0.4, -0.2) is 11.8 Å². The number of nitrogens with one attached hydrogen (secondary N) is 2. The molecule has 2 N–H and O–H groups in total. The Hall–Kier alpha value is -3.37. The molecule has 3 aromatic rings. The molecule has 0 radical (unpaired) electrons. The van der Waals surface area contributed by atoms with Gasteiger partial charge in [-0.05, 0) is 74.7 Å². The van der Waals surface area contributed by atoms with E-state index < -0.39 is 11.8 Å². The fourth-order valence-electron chi connectivity index (χ4n) is 3.28. The summed E-state index contributed by atoms with van der Waals surface area (Å²) in [6.07, 6.45) is 1.55. The average molecular weight is 433 g/mol. The molecule has 0 aliphatic heterocycles. The van der Waals surface area contributed by atoms with Gasteiger partial charge in [0.05, 0.1) is 0 Å². The highest BCUT2D eigenvalue weighted by molar-refractivity contribution is 6.31. The second-order valence-corrected chi connectivity index (χ2v) is 8.09. The van der Waals surface area contributed by atoms with E-state index in [0.29, 0.717) is 22.0 Å². The second kappa shape index (κ2) is 9.63. The summed E-state index contributed by atoms with van der Waals surface area (Å²) in [5.74, 6) is -0.983. The predicted molar refractivity (Wildman–Crippen MR) is 129 cm³/mol. The Morgan fingerprint density at radius 1 is 0.742 bits per heavy atom. The molecule has 3 aromatic carbocycles. The van der Waals surface area contributed by atoms with Crippen molar-refractivity contribution in [2.45, 2.75) is 27.7 Å². The highest BCUT2D eigenvalue weighted by Crippen LogP contribution is 2.21. The summed E-state index contributed by atoms with van der Waals surface area (Å²) >= 11 is 6.09. The van der Waals surface area contributed by atoms with E-state index in [4.69, 9.17) is 11.6 Å². The molecule has 0 saturated carbocycles. The van der Waals surface area contributed by atoms with Crippen LogP contribution in [0.4, 0.5) is 11.4 Å². The van der Waals surface area contributed by atoms with Gasteiger partial charge in [0.2, 0.25) is 0 Å². The maximum atomic E-state index is 13.1. The van der Waals surface area contributed by atoms with Gasteiger partial charge in [0.25, 0.3) is 11.8 Å². The van der Waals surface area contributed by atoms with Gasteiger partial charge in [0.15, 0.2) is 0 Å². The molecule has 0 saturated heterocycles. The Bertz CT molecular complexity index is 1110. The Labute approximate surface area is 188 Å². The van der Waals surface area contributed by atoms with Gasteiger partial charge >= 0.3 is 0 Å². The maximum Gasteiger partial charge on any atom is 0.261 e. The molecule has 0 unspecified atom stereocenters. The quantitative estimate of drug-likeness (QED) is 0.285. The molecule has 158 valence electrons. The van der Waals surface area contributed by atoms with Crippen LogP contribution in [0.2, 0.25) is 5.02 Å². The van der Waals surface area contributed by atoms with Crippen molar-refractivity contribution in [3.63, 3.8) is 0 Å². The standard InChI is InChI=1S/C26H25ClN2O2/c1-16-8-10-23(18(3)12-16)28-25(30)22(15-20-6-5-7-21(27)14-20)26(31)29-24-11-9-17(2)13-19(24)4/h5-15H,1-4H3,(H,28,30)(H,29,31). The molecular formula is C26H25ClN2O2. The number of aryl methyl sites for hydroxylation is 4. The normalized spacial score (nSPS) is 10.4. The van der Waals surface area contributed by atoms with Gasteiger partial charge in [-0.3, -0.25) is 9.59 Å². The van der Waals surface area contributed by atoms with Crippen LogP contribution in [0.1, 0.15) is 27.8 Å². The summed E-state index contributed by atoms with van der Waals surface area (Å²) in [7, 11) is 0. The largest absolute Gasteiger partial charge is 0.322 e. The Morgan fingerprint density at radius 3 is 1.71 bits per heavy atom. The second-order valence-electron chi connectivity index (χ2n) is 7.66. The topological polar surface area (TPSA) is 58.2 Å². The van der Waals surface area contributed by atoms with E-state index in [9.17, 15) is 9.59 Å². The first-order chi connectivity index (χ1) is 14.7. The molecule has 31 heavy (non-hydrogen) atoms. The lowest BCUT2D eigenvalue weighted by Crippen LogP contribution is -2.26. The fraction of sp³-hybridized carbons (Fsp3) is 0.154. The van der Waals surface area contributed by atoms with E-state index in [1.54, 1.807) is 30.3 Å². The number of halogens is 1. The molecule has 0 aliphatic rings. The van der Waals surface area contributed by atoms with E-state index in [1.165, 1.54) is 0 Å². The van der Waals surface area contributed by atoms with Crippen LogP contribution in [0.3, 0.4) is 0 Å². The van der Waals surface area contributed by atoms with E-state index in [0.717, 1.165) is 22.3 Å². The minimum atomic E-state index is -0.491. The van der Waals surface area contributed by atoms with Gasteiger partial charge in [-0.15, -0.1) is 0 Å². The van der Waals surface area contributed by atoms with Gasteiger partial charge in [-0.2, -0.15) is 0 Å². The highest BCUT2D eigenvalue weighted by atomic mass is 35.5. The Morgan fingerprint density at radius 2 is 1.26 bits per heavy atom. The number of benzene rings is 3. The molecule has 3 rings (SSSR count). The first-order valence-electron chi connectivity index (χ1n) is 9.97.